The lowest BCUT2D eigenvalue weighted by molar-refractivity contribution is -0.121. The molecule has 1 N–H and O–H groups in total. The number of anilines is 1. The number of nitrogens with zero attached hydrogens (tertiary/aromatic N) is 1. The van der Waals surface area contributed by atoms with Gasteiger partial charge in [-0.3, -0.25) is 9.59 Å². The Kier molecular flexibility index (Phi) is 4.79. The molecule has 0 aromatic heterocycles. The lowest BCUT2D eigenvalue weighted by atomic mass is 10.1. The molecule has 0 fully saturated rings. The van der Waals surface area contributed by atoms with Crippen molar-refractivity contribution < 1.29 is 14.3 Å². The summed E-state index contributed by atoms with van der Waals surface area (Å²) in [6.45, 7) is 0.550. The first-order valence-corrected chi connectivity index (χ1v) is 8.01. The maximum atomic E-state index is 12.4. The number of nitrogens with one attached hydrogen (secondary N) is 1. The zero-order valence-electron chi connectivity index (χ0n) is 13.6. The minimum absolute atomic E-state index is 0.0399. The van der Waals surface area contributed by atoms with Crippen LogP contribution in [0.25, 0.3) is 0 Å². The van der Waals surface area contributed by atoms with E-state index in [1.165, 1.54) is 10.5 Å². The molecule has 1 aliphatic heterocycles. The van der Waals surface area contributed by atoms with E-state index in [1.807, 2.05) is 18.2 Å². The number of likely N-dealkylation sites (N-methyl/N-ethyl adjacent to an activating group) is 1. The van der Waals surface area contributed by atoms with Gasteiger partial charge in [0.05, 0.1) is 11.3 Å². The second-order valence-electron chi connectivity index (χ2n) is 5.74. The second-order valence-corrected chi connectivity index (χ2v) is 5.74. The number of fused-ring (bicyclic) bond motifs is 1. The van der Waals surface area contributed by atoms with Gasteiger partial charge in [0, 0.05) is 13.6 Å². The van der Waals surface area contributed by atoms with Crippen LogP contribution in [0.4, 0.5) is 5.69 Å². The fourth-order valence-corrected chi connectivity index (χ4v) is 2.72. The average Bonchev–Trinajstić information content (AvgIpc) is 2.62. The van der Waals surface area contributed by atoms with Crippen LogP contribution < -0.4 is 15.0 Å². The van der Waals surface area contributed by atoms with Crippen molar-refractivity contribution in [3.63, 3.8) is 0 Å². The van der Waals surface area contributed by atoms with Crippen molar-refractivity contribution in [1.82, 2.24) is 5.32 Å². The number of carbonyl (C=O) groups excluding carboxylic acids is 2. The van der Waals surface area contributed by atoms with E-state index in [2.05, 4.69) is 17.4 Å². The molecule has 124 valence electrons. The summed E-state index contributed by atoms with van der Waals surface area (Å²) in [6, 6.07) is 15.4. The molecule has 2 amide bonds. The first kappa shape index (κ1) is 16.1. The fourth-order valence-electron chi connectivity index (χ4n) is 2.72. The SMILES string of the molecule is CN1C(=O)COc2c(C(=O)NCCCc3ccccc3)cccc21. The van der Waals surface area contributed by atoms with Crippen LogP contribution in [0.3, 0.4) is 0 Å². The highest BCUT2D eigenvalue weighted by molar-refractivity contribution is 6.03. The van der Waals surface area contributed by atoms with Crippen LogP contribution in [0.2, 0.25) is 0 Å². The van der Waals surface area contributed by atoms with E-state index in [9.17, 15) is 9.59 Å². The van der Waals surface area contributed by atoms with Crippen LogP contribution in [-0.4, -0.2) is 32.0 Å². The van der Waals surface area contributed by atoms with Gasteiger partial charge in [-0.25, -0.2) is 0 Å². The van der Waals surface area contributed by atoms with Gasteiger partial charge >= 0.3 is 0 Å². The monoisotopic (exact) mass is 324 g/mol. The van der Waals surface area contributed by atoms with Crippen molar-refractivity contribution in [1.29, 1.82) is 0 Å². The number of carbonyl (C=O) groups is 2. The third-order valence-electron chi connectivity index (χ3n) is 4.08. The summed E-state index contributed by atoms with van der Waals surface area (Å²) >= 11 is 0. The van der Waals surface area contributed by atoms with Gasteiger partial charge in [0.1, 0.15) is 0 Å². The number of para-hydroxylation sites is 1. The Balaban J connectivity index is 1.61. The van der Waals surface area contributed by atoms with E-state index in [0.29, 0.717) is 23.5 Å². The number of ether oxygens (including phenoxy) is 1. The number of benzene rings is 2. The first-order chi connectivity index (χ1) is 11.7. The van der Waals surface area contributed by atoms with E-state index in [4.69, 9.17) is 4.74 Å². The van der Waals surface area contributed by atoms with Gasteiger partial charge in [-0.1, -0.05) is 36.4 Å². The summed E-state index contributed by atoms with van der Waals surface area (Å²) in [4.78, 5) is 25.6. The molecular weight excluding hydrogens is 304 g/mol. The standard InChI is InChI=1S/C19H20N2O3/c1-21-16-11-5-10-15(18(16)24-13-17(21)22)19(23)20-12-6-9-14-7-3-2-4-8-14/h2-5,7-8,10-11H,6,9,12-13H2,1H3,(H,20,23). The third kappa shape index (κ3) is 3.40. The molecule has 0 aliphatic carbocycles. The molecule has 1 aliphatic rings. The molecule has 1 heterocycles. The lowest BCUT2D eigenvalue weighted by Crippen LogP contribution is -2.36. The third-order valence-corrected chi connectivity index (χ3v) is 4.08. The Hall–Kier alpha value is -2.82. The molecule has 0 spiro atoms. The first-order valence-electron chi connectivity index (χ1n) is 8.01. The molecule has 5 nitrogen and oxygen atoms in total. The van der Waals surface area contributed by atoms with Crippen LogP contribution in [0.1, 0.15) is 22.3 Å². The predicted octanol–water partition coefficient (Wildman–Crippen LogP) is 2.40. The molecule has 0 bridgehead atoms. The summed E-state index contributed by atoms with van der Waals surface area (Å²) in [5.74, 6) is 0.172. The lowest BCUT2D eigenvalue weighted by Gasteiger charge is -2.27. The average molecular weight is 324 g/mol. The highest BCUT2D eigenvalue weighted by atomic mass is 16.5. The van der Waals surface area contributed by atoms with Crippen molar-refractivity contribution in [2.24, 2.45) is 0 Å². The quantitative estimate of drug-likeness (QED) is 0.859. The zero-order chi connectivity index (χ0) is 16.9. The van der Waals surface area contributed by atoms with Crippen molar-refractivity contribution >= 4 is 17.5 Å². The van der Waals surface area contributed by atoms with Crippen LogP contribution in [0.5, 0.6) is 5.75 Å². The van der Waals surface area contributed by atoms with E-state index >= 15 is 0 Å². The van der Waals surface area contributed by atoms with Gasteiger partial charge in [0.2, 0.25) is 0 Å². The van der Waals surface area contributed by atoms with Gasteiger partial charge < -0.3 is 15.0 Å². The molecule has 0 radical (unpaired) electrons. The Morgan fingerprint density at radius 3 is 2.75 bits per heavy atom. The van der Waals surface area contributed by atoms with Gasteiger partial charge in [-0.2, -0.15) is 0 Å². The smallest absolute Gasteiger partial charge is 0.264 e. The number of amides is 2. The minimum atomic E-state index is -0.178. The maximum absolute atomic E-state index is 12.4. The largest absolute Gasteiger partial charge is 0.481 e. The van der Waals surface area contributed by atoms with Crippen LogP contribution >= 0.6 is 0 Å². The zero-order valence-corrected chi connectivity index (χ0v) is 13.6. The van der Waals surface area contributed by atoms with Crippen LogP contribution in [0, 0.1) is 0 Å². The van der Waals surface area contributed by atoms with Crippen LogP contribution in [0.15, 0.2) is 48.5 Å². The molecule has 0 saturated heterocycles. The Bertz CT molecular complexity index is 744. The van der Waals surface area contributed by atoms with E-state index in [0.717, 1.165) is 12.8 Å². The van der Waals surface area contributed by atoms with E-state index < -0.39 is 0 Å². The minimum Gasteiger partial charge on any atom is -0.481 e. The molecule has 0 unspecified atom stereocenters. The fraction of sp³-hybridized carbons (Fsp3) is 0.263. The van der Waals surface area contributed by atoms with Crippen molar-refractivity contribution in [3.05, 3.63) is 59.7 Å². The number of rotatable bonds is 5. The maximum Gasteiger partial charge on any atom is 0.264 e. The molecule has 2 aromatic rings. The molecule has 5 heteroatoms. The number of hydrogen-bond acceptors (Lipinski definition) is 3. The van der Waals surface area contributed by atoms with E-state index in [-0.39, 0.29) is 18.4 Å². The van der Waals surface area contributed by atoms with Gasteiger partial charge in [-0.15, -0.1) is 0 Å². The Morgan fingerprint density at radius 1 is 1.17 bits per heavy atom. The highest BCUT2D eigenvalue weighted by Gasteiger charge is 2.26. The Morgan fingerprint density at radius 2 is 1.96 bits per heavy atom. The summed E-state index contributed by atoms with van der Waals surface area (Å²) in [5.41, 5.74) is 2.35. The van der Waals surface area contributed by atoms with E-state index in [1.54, 1.807) is 25.2 Å². The molecule has 24 heavy (non-hydrogen) atoms. The van der Waals surface area contributed by atoms with Crippen molar-refractivity contribution in [2.75, 3.05) is 25.1 Å². The number of hydrogen-bond donors (Lipinski definition) is 1. The van der Waals surface area contributed by atoms with Gasteiger partial charge in [0.25, 0.3) is 11.8 Å². The Labute approximate surface area is 141 Å². The van der Waals surface area contributed by atoms with Gasteiger partial charge in [-0.05, 0) is 30.5 Å². The molecule has 3 rings (SSSR count). The molecule has 0 atom stereocenters. The molecular formula is C19H20N2O3. The second kappa shape index (κ2) is 7.17. The summed E-state index contributed by atoms with van der Waals surface area (Å²) in [6.07, 6.45) is 1.78. The van der Waals surface area contributed by atoms with Crippen LogP contribution in [-0.2, 0) is 11.2 Å². The van der Waals surface area contributed by atoms with Crippen molar-refractivity contribution in [3.8, 4) is 5.75 Å². The topological polar surface area (TPSA) is 58.6 Å². The highest BCUT2D eigenvalue weighted by Crippen LogP contribution is 2.34. The molecule has 2 aromatic carbocycles. The number of aryl methyl sites for hydroxylation is 1. The molecule has 0 saturated carbocycles. The summed E-state index contributed by atoms with van der Waals surface area (Å²) < 4.78 is 5.48. The summed E-state index contributed by atoms with van der Waals surface area (Å²) in [7, 11) is 1.69. The van der Waals surface area contributed by atoms with Crippen molar-refractivity contribution in [2.45, 2.75) is 12.8 Å². The predicted molar refractivity (Wildman–Crippen MR) is 92.4 cm³/mol. The summed E-state index contributed by atoms with van der Waals surface area (Å²) in [5, 5.41) is 2.92. The normalized spacial score (nSPS) is 13.2. The van der Waals surface area contributed by atoms with Gasteiger partial charge in [0.15, 0.2) is 12.4 Å².